The van der Waals surface area contributed by atoms with Gasteiger partial charge >= 0.3 is 0 Å². The molecule has 7 heteroatoms. The molecule has 3 aromatic rings. The number of carbonyl (C=O) groups is 1. The topological polar surface area (TPSA) is 74.5 Å². The van der Waals surface area contributed by atoms with Crippen molar-refractivity contribution in [3.8, 4) is 11.8 Å². The van der Waals surface area contributed by atoms with Crippen molar-refractivity contribution in [2.45, 2.75) is 25.5 Å². The molecule has 4 rings (SSSR count). The van der Waals surface area contributed by atoms with Crippen LogP contribution in [0, 0.1) is 24.2 Å². The molecule has 3 aromatic carbocycles. The second-order valence-electron chi connectivity index (χ2n) is 8.48. The summed E-state index contributed by atoms with van der Waals surface area (Å²) in [5, 5.41) is 14.0. The number of anilines is 1. The highest BCUT2D eigenvalue weighted by Gasteiger charge is 2.39. The van der Waals surface area contributed by atoms with Crippen LogP contribution in [0.25, 0.3) is 0 Å². The first kappa shape index (κ1) is 25.7. The van der Waals surface area contributed by atoms with Crippen molar-refractivity contribution < 1.29 is 9.53 Å². The van der Waals surface area contributed by atoms with Crippen molar-refractivity contribution in [3.05, 3.63) is 105 Å². The molecule has 0 spiro atoms. The van der Waals surface area contributed by atoms with Gasteiger partial charge in [0.2, 0.25) is 0 Å². The summed E-state index contributed by atoms with van der Waals surface area (Å²) in [7, 11) is 1.56. The number of hydrogen-bond donors (Lipinski definition) is 1. The molecule has 0 saturated heterocycles. The van der Waals surface area contributed by atoms with Crippen LogP contribution in [-0.2, 0) is 10.5 Å². The third kappa shape index (κ3) is 5.56. The van der Waals surface area contributed by atoms with Gasteiger partial charge in [0.25, 0.3) is 5.91 Å². The minimum absolute atomic E-state index is 0.302. The molecule has 0 fully saturated rings. The largest absolute Gasteiger partial charge is 0.495 e. The fraction of sp³-hybridized carbons (Fsp3) is 0.207. The molecule has 1 aliphatic heterocycles. The number of aliphatic imine (C=N–C) groups is 1. The number of hydrogen-bond acceptors (Lipinski definition) is 5. The van der Waals surface area contributed by atoms with Gasteiger partial charge < -0.3 is 10.1 Å². The predicted molar refractivity (Wildman–Crippen MR) is 150 cm³/mol. The van der Waals surface area contributed by atoms with Crippen molar-refractivity contribution in [1.82, 2.24) is 0 Å². The molecule has 36 heavy (non-hydrogen) atoms. The van der Waals surface area contributed by atoms with E-state index in [9.17, 15) is 10.1 Å². The summed E-state index contributed by atoms with van der Waals surface area (Å²) in [5.41, 5.74) is 4.86. The third-order valence-electron chi connectivity index (χ3n) is 6.06. The number of nitriles is 1. The van der Waals surface area contributed by atoms with E-state index < -0.39 is 11.8 Å². The Bertz CT molecular complexity index is 1380. The fourth-order valence-electron chi connectivity index (χ4n) is 4.23. The van der Waals surface area contributed by atoms with Crippen molar-refractivity contribution in [3.63, 3.8) is 0 Å². The number of allylic oxidation sites excluding steroid dienone is 1. The molecule has 0 aliphatic carbocycles. The Labute approximate surface area is 224 Å². The fourth-order valence-corrected chi connectivity index (χ4v) is 5.84. The Hall–Kier alpha value is -3.34. The Balaban J connectivity index is 1.74. The molecule has 5 nitrogen and oxygen atoms in total. The quantitative estimate of drug-likeness (QED) is 0.345. The van der Waals surface area contributed by atoms with Crippen LogP contribution in [-0.4, -0.2) is 18.1 Å². The zero-order valence-corrected chi connectivity index (χ0v) is 22.7. The second kappa shape index (κ2) is 11.6. The first-order chi connectivity index (χ1) is 17.4. The number of para-hydroxylation sites is 2. The van der Waals surface area contributed by atoms with E-state index in [1.807, 2.05) is 43.3 Å². The van der Waals surface area contributed by atoms with E-state index in [-0.39, 0.29) is 5.91 Å². The lowest BCUT2D eigenvalue weighted by Crippen LogP contribution is -2.31. The first-order valence-electron chi connectivity index (χ1n) is 11.5. The Morgan fingerprint density at radius 2 is 1.78 bits per heavy atom. The van der Waals surface area contributed by atoms with E-state index >= 15 is 0 Å². The Morgan fingerprint density at radius 1 is 1.08 bits per heavy atom. The smallest absolute Gasteiger partial charge is 0.254 e. The van der Waals surface area contributed by atoms with E-state index in [1.165, 1.54) is 5.56 Å². The number of aryl methyl sites for hydroxylation is 1. The number of nitrogens with one attached hydrogen (secondary N) is 1. The maximum absolute atomic E-state index is 13.7. The summed E-state index contributed by atoms with van der Waals surface area (Å²) >= 11 is 5.19. The molecule has 2 unspecified atom stereocenters. The van der Waals surface area contributed by atoms with Gasteiger partial charge in [-0.3, -0.25) is 4.79 Å². The standard InChI is InChI=1S/C29H26BrN3O2S/c1-18-12-14-20(15-13-18)17-36-29-22(16-31)27(21-8-4-5-9-23(21)30)26(19(2)32-29)28(34)33-24-10-6-7-11-25(24)35-3/h4-15,22,27H,17H2,1-3H3,(H,33,34). The van der Waals surface area contributed by atoms with Gasteiger partial charge in [0.1, 0.15) is 11.7 Å². The summed E-state index contributed by atoms with van der Waals surface area (Å²) in [5.74, 6) is -0.147. The van der Waals surface area contributed by atoms with Gasteiger partial charge in [-0.25, -0.2) is 4.99 Å². The number of amides is 1. The van der Waals surface area contributed by atoms with Crippen LogP contribution >= 0.6 is 27.7 Å². The molecule has 1 N–H and O–H groups in total. The molecule has 0 radical (unpaired) electrons. The average molecular weight is 561 g/mol. The lowest BCUT2D eigenvalue weighted by Gasteiger charge is -2.31. The number of rotatable bonds is 6. The summed E-state index contributed by atoms with van der Waals surface area (Å²) in [4.78, 5) is 18.5. The van der Waals surface area contributed by atoms with E-state index in [0.717, 1.165) is 15.6 Å². The summed E-state index contributed by atoms with van der Waals surface area (Å²) in [6.45, 7) is 3.89. The molecular weight excluding hydrogens is 534 g/mol. The predicted octanol–water partition coefficient (Wildman–Crippen LogP) is 7.25. The number of carbonyl (C=O) groups excluding carboxylic acids is 1. The summed E-state index contributed by atoms with van der Waals surface area (Å²) < 4.78 is 6.25. The molecule has 0 bridgehead atoms. The highest BCUT2D eigenvalue weighted by Crippen LogP contribution is 2.44. The van der Waals surface area contributed by atoms with Crippen molar-refractivity contribution in [2.24, 2.45) is 10.9 Å². The maximum Gasteiger partial charge on any atom is 0.254 e. The van der Waals surface area contributed by atoms with Gasteiger partial charge in [-0.2, -0.15) is 5.26 Å². The minimum atomic E-state index is -0.610. The van der Waals surface area contributed by atoms with E-state index in [2.05, 4.69) is 58.5 Å². The first-order valence-corrected chi connectivity index (χ1v) is 13.3. The Kier molecular flexibility index (Phi) is 8.29. The number of methoxy groups -OCH3 is 1. The summed E-state index contributed by atoms with van der Waals surface area (Å²) in [6.07, 6.45) is 0. The molecule has 2 atom stereocenters. The van der Waals surface area contributed by atoms with E-state index in [4.69, 9.17) is 9.73 Å². The van der Waals surface area contributed by atoms with Gasteiger partial charge in [-0.05, 0) is 43.2 Å². The van der Waals surface area contributed by atoms with Crippen LogP contribution in [0.4, 0.5) is 5.69 Å². The zero-order chi connectivity index (χ0) is 25.7. The zero-order valence-electron chi connectivity index (χ0n) is 20.3. The lowest BCUT2D eigenvalue weighted by molar-refractivity contribution is -0.113. The van der Waals surface area contributed by atoms with Gasteiger partial charge in [-0.15, -0.1) is 11.8 Å². The number of nitrogens with zero attached hydrogens (tertiary/aromatic N) is 2. The summed E-state index contributed by atoms with van der Waals surface area (Å²) in [6, 6.07) is 25.8. The molecule has 0 aromatic heterocycles. The second-order valence-corrected chi connectivity index (χ2v) is 10.3. The molecular formula is C29H26BrN3O2S. The molecule has 1 aliphatic rings. The monoisotopic (exact) mass is 559 g/mol. The van der Waals surface area contributed by atoms with Gasteiger partial charge in [0.15, 0.2) is 0 Å². The minimum Gasteiger partial charge on any atom is -0.495 e. The molecule has 182 valence electrons. The molecule has 1 heterocycles. The van der Waals surface area contributed by atoms with Crippen molar-refractivity contribution in [1.29, 1.82) is 5.26 Å². The van der Waals surface area contributed by atoms with E-state index in [1.54, 1.807) is 31.0 Å². The average Bonchev–Trinajstić information content (AvgIpc) is 2.88. The van der Waals surface area contributed by atoms with E-state index in [0.29, 0.717) is 33.5 Å². The van der Waals surface area contributed by atoms with Crippen LogP contribution in [0.1, 0.15) is 29.5 Å². The highest BCUT2D eigenvalue weighted by molar-refractivity contribution is 9.10. The van der Waals surface area contributed by atoms with Crippen LogP contribution in [0.15, 0.2) is 93.5 Å². The lowest BCUT2D eigenvalue weighted by atomic mass is 9.78. The normalized spacial score (nSPS) is 17.2. The molecule has 1 amide bonds. The number of thioether (sulfide) groups is 1. The third-order valence-corrected chi connectivity index (χ3v) is 7.91. The van der Waals surface area contributed by atoms with Crippen molar-refractivity contribution in [2.75, 3.05) is 12.4 Å². The van der Waals surface area contributed by atoms with Crippen LogP contribution in [0.2, 0.25) is 0 Å². The Morgan fingerprint density at radius 3 is 2.47 bits per heavy atom. The number of ether oxygens (including phenoxy) is 1. The molecule has 0 saturated carbocycles. The number of halogens is 1. The van der Waals surface area contributed by atoms with Crippen LogP contribution < -0.4 is 10.1 Å². The maximum atomic E-state index is 13.7. The van der Waals surface area contributed by atoms with Gasteiger partial charge in [0.05, 0.1) is 23.9 Å². The van der Waals surface area contributed by atoms with Gasteiger partial charge in [-0.1, -0.05) is 76.1 Å². The van der Waals surface area contributed by atoms with Crippen LogP contribution in [0.3, 0.4) is 0 Å². The van der Waals surface area contributed by atoms with Gasteiger partial charge in [0, 0.05) is 27.4 Å². The van der Waals surface area contributed by atoms with Crippen LogP contribution in [0.5, 0.6) is 5.75 Å². The number of benzene rings is 3. The van der Waals surface area contributed by atoms with Crippen molar-refractivity contribution >= 4 is 44.3 Å². The highest BCUT2D eigenvalue weighted by atomic mass is 79.9. The SMILES string of the molecule is COc1ccccc1NC(=O)C1=C(C)N=C(SCc2ccc(C)cc2)C(C#N)C1c1ccccc1Br.